The summed E-state index contributed by atoms with van der Waals surface area (Å²) in [5.74, 6) is 0. The van der Waals surface area contributed by atoms with E-state index in [-0.39, 0.29) is 0 Å². The van der Waals surface area contributed by atoms with E-state index in [9.17, 15) is 0 Å². The maximum atomic E-state index is 6.76. The molecule has 0 amide bonds. The predicted molar refractivity (Wildman–Crippen MR) is 237 cm³/mol. The lowest BCUT2D eigenvalue weighted by Gasteiger charge is -2.26. The van der Waals surface area contributed by atoms with E-state index in [2.05, 4.69) is 199 Å². The number of benzene rings is 9. The van der Waals surface area contributed by atoms with Gasteiger partial charge in [0.05, 0.1) is 0 Å². The average Bonchev–Trinajstić information content (AvgIpc) is 3.86. The summed E-state index contributed by atoms with van der Waals surface area (Å²) >= 11 is 0. The summed E-state index contributed by atoms with van der Waals surface area (Å²) in [6, 6.07) is 75.1. The molecule has 0 saturated carbocycles. The van der Waals surface area contributed by atoms with Crippen LogP contribution in [0.5, 0.6) is 0 Å². The van der Waals surface area contributed by atoms with Gasteiger partial charge in [0.2, 0.25) is 0 Å². The quantitative estimate of drug-likeness (QED) is 0.164. The Morgan fingerprint density at radius 2 is 0.772 bits per heavy atom. The normalized spacial score (nSPS) is 11.5. The molecule has 57 heavy (non-hydrogen) atoms. The second kappa shape index (κ2) is 13.6. The molecular formula is C54H35NO2. The van der Waals surface area contributed by atoms with Crippen LogP contribution in [0.2, 0.25) is 0 Å². The molecular weight excluding hydrogens is 695 g/mol. The average molecular weight is 730 g/mol. The maximum absolute atomic E-state index is 6.76. The van der Waals surface area contributed by atoms with Crippen LogP contribution in [-0.4, -0.2) is 0 Å². The summed E-state index contributed by atoms with van der Waals surface area (Å²) in [6.07, 6.45) is 0. The van der Waals surface area contributed by atoms with Gasteiger partial charge in [0, 0.05) is 44.2 Å². The van der Waals surface area contributed by atoms with E-state index in [4.69, 9.17) is 8.83 Å². The van der Waals surface area contributed by atoms with Crippen molar-refractivity contribution in [1.82, 2.24) is 0 Å². The Hall–Kier alpha value is -7.62. The Labute approximate surface area is 330 Å². The standard InChI is InChI=1S/C54H35NO2/c1-3-12-36(13-4-1)38-22-27-42(28-23-38)55(43-29-24-39(25-30-43)37-14-5-2-6-15-37)44-17-11-16-40(34-44)45-31-32-46(54-53(45)48-19-8-10-21-51(48)57-54)41-26-33-52-49(35-41)47-18-7-9-20-50(47)56-52/h1-35H. The van der Waals surface area contributed by atoms with Gasteiger partial charge in [-0.05, 0) is 106 Å². The van der Waals surface area contributed by atoms with Gasteiger partial charge in [0.25, 0.3) is 0 Å². The number of anilines is 3. The molecule has 11 aromatic rings. The zero-order chi connectivity index (χ0) is 37.7. The number of rotatable bonds is 7. The number of hydrogen-bond donors (Lipinski definition) is 0. The minimum Gasteiger partial charge on any atom is -0.456 e. The molecule has 0 saturated heterocycles. The number of fused-ring (bicyclic) bond motifs is 6. The summed E-state index contributed by atoms with van der Waals surface area (Å²) in [5, 5.41) is 4.40. The molecule has 9 aromatic carbocycles. The highest BCUT2D eigenvalue weighted by Crippen LogP contribution is 2.45. The maximum Gasteiger partial charge on any atom is 0.143 e. The molecule has 0 aliphatic rings. The third kappa shape index (κ3) is 5.76. The van der Waals surface area contributed by atoms with E-state index in [1.54, 1.807) is 0 Å². The fraction of sp³-hybridized carbons (Fsp3) is 0. The lowest BCUT2D eigenvalue weighted by molar-refractivity contribution is 0.668. The van der Waals surface area contributed by atoms with Crippen LogP contribution in [0.25, 0.3) is 88.4 Å². The van der Waals surface area contributed by atoms with Crippen LogP contribution in [0.4, 0.5) is 17.1 Å². The Bertz CT molecular complexity index is 3130. The summed E-state index contributed by atoms with van der Waals surface area (Å²) in [5.41, 5.74) is 15.9. The smallest absolute Gasteiger partial charge is 0.143 e. The van der Waals surface area contributed by atoms with Gasteiger partial charge in [-0.15, -0.1) is 0 Å². The van der Waals surface area contributed by atoms with Crippen molar-refractivity contribution in [2.45, 2.75) is 0 Å². The van der Waals surface area contributed by atoms with Crippen molar-refractivity contribution >= 4 is 60.9 Å². The van der Waals surface area contributed by atoms with Gasteiger partial charge in [0.15, 0.2) is 0 Å². The molecule has 0 N–H and O–H groups in total. The van der Waals surface area contributed by atoms with Gasteiger partial charge in [0.1, 0.15) is 22.3 Å². The summed E-state index contributed by atoms with van der Waals surface area (Å²) in [7, 11) is 0. The van der Waals surface area contributed by atoms with E-state index in [0.29, 0.717) is 0 Å². The molecule has 268 valence electrons. The summed E-state index contributed by atoms with van der Waals surface area (Å²) in [4.78, 5) is 2.34. The van der Waals surface area contributed by atoms with Crippen LogP contribution in [0.1, 0.15) is 0 Å². The van der Waals surface area contributed by atoms with Crippen LogP contribution in [0.3, 0.4) is 0 Å². The second-order valence-corrected chi connectivity index (χ2v) is 14.5. The Morgan fingerprint density at radius 1 is 0.281 bits per heavy atom. The van der Waals surface area contributed by atoms with Crippen molar-refractivity contribution in [2.24, 2.45) is 0 Å². The number of furan rings is 2. The summed E-state index contributed by atoms with van der Waals surface area (Å²) < 4.78 is 12.9. The first-order chi connectivity index (χ1) is 28.2. The fourth-order valence-corrected chi connectivity index (χ4v) is 8.32. The van der Waals surface area contributed by atoms with Crippen molar-refractivity contribution in [3.05, 3.63) is 212 Å². The molecule has 11 rings (SSSR count). The van der Waals surface area contributed by atoms with E-state index < -0.39 is 0 Å². The fourth-order valence-electron chi connectivity index (χ4n) is 8.32. The van der Waals surface area contributed by atoms with Crippen molar-refractivity contribution in [3.63, 3.8) is 0 Å². The minimum atomic E-state index is 0.867. The first kappa shape index (κ1) is 32.8. The van der Waals surface area contributed by atoms with Crippen molar-refractivity contribution < 1.29 is 8.83 Å². The highest BCUT2D eigenvalue weighted by Gasteiger charge is 2.20. The molecule has 0 fully saturated rings. The van der Waals surface area contributed by atoms with Crippen LogP contribution in [0.15, 0.2) is 221 Å². The first-order valence-corrected chi connectivity index (χ1v) is 19.3. The highest BCUT2D eigenvalue weighted by molar-refractivity contribution is 6.17. The lowest BCUT2D eigenvalue weighted by atomic mass is 9.94. The first-order valence-electron chi connectivity index (χ1n) is 19.3. The lowest BCUT2D eigenvalue weighted by Crippen LogP contribution is -2.10. The largest absolute Gasteiger partial charge is 0.456 e. The molecule has 0 radical (unpaired) electrons. The van der Waals surface area contributed by atoms with E-state index >= 15 is 0 Å². The Morgan fingerprint density at radius 3 is 1.44 bits per heavy atom. The van der Waals surface area contributed by atoms with Crippen molar-refractivity contribution in [1.29, 1.82) is 0 Å². The second-order valence-electron chi connectivity index (χ2n) is 14.5. The zero-order valence-corrected chi connectivity index (χ0v) is 31.0. The number of nitrogens with zero attached hydrogens (tertiary/aromatic N) is 1. The monoisotopic (exact) mass is 729 g/mol. The number of hydrogen-bond acceptors (Lipinski definition) is 3. The number of para-hydroxylation sites is 2. The van der Waals surface area contributed by atoms with Gasteiger partial charge in [-0.3, -0.25) is 0 Å². The molecule has 3 heteroatoms. The highest BCUT2D eigenvalue weighted by atomic mass is 16.3. The van der Waals surface area contributed by atoms with Crippen molar-refractivity contribution in [3.8, 4) is 44.5 Å². The van der Waals surface area contributed by atoms with Gasteiger partial charge >= 0.3 is 0 Å². The van der Waals surface area contributed by atoms with Gasteiger partial charge in [-0.1, -0.05) is 146 Å². The summed E-state index contributed by atoms with van der Waals surface area (Å²) in [6.45, 7) is 0. The SMILES string of the molecule is c1ccc(-c2ccc(N(c3ccc(-c4ccccc4)cc3)c3cccc(-c4ccc(-c5ccc6oc7ccccc7c6c5)c5oc6ccccc6c45)c3)cc2)cc1. The predicted octanol–water partition coefficient (Wildman–Crippen LogP) is 15.6. The molecule has 0 aliphatic heterocycles. The molecule has 0 unspecified atom stereocenters. The van der Waals surface area contributed by atoms with Crippen LogP contribution < -0.4 is 4.90 Å². The molecule has 0 spiro atoms. The molecule has 3 nitrogen and oxygen atoms in total. The van der Waals surface area contributed by atoms with Crippen molar-refractivity contribution in [2.75, 3.05) is 4.90 Å². The van der Waals surface area contributed by atoms with Gasteiger partial charge in [-0.2, -0.15) is 0 Å². The van der Waals surface area contributed by atoms with Gasteiger partial charge < -0.3 is 13.7 Å². The van der Waals surface area contributed by atoms with Crippen LogP contribution >= 0.6 is 0 Å². The third-order valence-corrected chi connectivity index (χ3v) is 11.1. The molecule has 2 heterocycles. The van der Waals surface area contributed by atoms with E-state index in [0.717, 1.165) is 83.2 Å². The Kier molecular flexibility index (Phi) is 7.82. The molecule has 2 aromatic heterocycles. The molecule has 0 aliphatic carbocycles. The topological polar surface area (TPSA) is 29.5 Å². The Balaban J connectivity index is 1.05. The van der Waals surface area contributed by atoms with E-state index in [1.807, 2.05) is 18.2 Å². The van der Waals surface area contributed by atoms with Gasteiger partial charge in [-0.25, -0.2) is 0 Å². The van der Waals surface area contributed by atoms with Crippen LogP contribution in [0, 0.1) is 0 Å². The van der Waals surface area contributed by atoms with Crippen LogP contribution in [-0.2, 0) is 0 Å². The zero-order valence-electron chi connectivity index (χ0n) is 31.0. The third-order valence-electron chi connectivity index (χ3n) is 11.1. The van der Waals surface area contributed by atoms with E-state index in [1.165, 1.54) is 22.3 Å². The minimum absolute atomic E-state index is 0.867. The molecule has 0 atom stereocenters. The molecule has 0 bridgehead atoms.